The van der Waals surface area contributed by atoms with Crippen LogP contribution in [0.1, 0.15) is 24.2 Å². The van der Waals surface area contributed by atoms with Gasteiger partial charge < -0.3 is 0 Å². The zero-order valence-corrected chi connectivity index (χ0v) is 11.6. The van der Waals surface area contributed by atoms with Gasteiger partial charge in [-0.1, -0.05) is 11.6 Å². The number of pyridine rings is 1. The summed E-state index contributed by atoms with van der Waals surface area (Å²) in [4.78, 5) is 20.3. The first-order chi connectivity index (χ1) is 9.66. The molecule has 0 aliphatic carbocycles. The highest BCUT2D eigenvalue weighted by Gasteiger charge is 2.06. The summed E-state index contributed by atoms with van der Waals surface area (Å²) in [5, 5.41) is 0. The van der Waals surface area contributed by atoms with Gasteiger partial charge in [-0.3, -0.25) is 14.8 Å². The Bertz CT molecular complexity index is 657. The molecule has 1 aliphatic heterocycles. The Kier molecular flexibility index (Phi) is 4.59. The molecular formula is C17H16N2O. The number of allylic oxidation sites excluding steroid dienone is 4. The fourth-order valence-corrected chi connectivity index (χ4v) is 1.78. The largest absolute Gasteiger partial charge is 0.289 e. The number of hydrogen-bond donors (Lipinski definition) is 0. The molecule has 0 spiro atoms. The molecule has 0 atom stereocenters. The molecule has 0 N–H and O–H groups in total. The highest BCUT2D eigenvalue weighted by atomic mass is 16.1. The Morgan fingerprint density at radius 3 is 2.85 bits per heavy atom. The molecule has 20 heavy (non-hydrogen) atoms. The van der Waals surface area contributed by atoms with E-state index < -0.39 is 0 Å². The monoisotopic (exact) mass is 264 g/mol. The smallest absolute Gasteiger partial charge is 0.196 e. The second kappa shape index (κ2) is 6.60. The quantitative estimate of drug-likeness (QED) is 0.477. The zero-order chi connectivity index (χ0) is 14.4. The van der Waals surface area contributed by atoms with Crippen LogP contribution in [0.3, 0.4) is 0 Å². The van der Waals surface area contributed by atoms with Gasteiger partial charge in [0.05, 0.1) is 6.54 Å². The molecule has 0 radical (unpaired) electrons. The van der Waals surface area contributed by atoms with Crippen molar-refractivity contribution >= 4 is 12.0 Å². The SMILES string of the molecule is CC(=C=CC1=CC=NCC(C)=C1)C(=O)c1ccncc1. The van der Waals surface area contributed by atoms with Gasteiger partial charge in [0, 0.05) is 29.7 Å². The zero-order valence-electron chi connectivity index (χ0n) is 11.6. The normalized spacial score (nSPS) is 13.7. The fourth-order valence-electron chi connectivity index (χ4n) is 1.78. The number of rotatable bonds is 3. The molecule has 0 saturated carbocycles. The lowest BCUT2D eigenvalue weighted by Crippen LogP contribution is -1.99. The molecule has 3 heteroatoms. The number of carbonyl (C=O) groups excluding carboxylic acids is 1. The van der Waals surface area contributed by atoms with Crippen LogP contribution in [0.5, 0.6) is 0 Å². The van der Waals surface area contributed by atoms with Gasteiger partial charge in [-0.05, 0) is 43.7 Å². The van der Waals surface area contributed by atoms with Gasteiger partial charge in [0.1, 0.15) is 0 Å². The molecule has 1 aromatic rings. The minimum absolute atomic E-state index is 0.0350. The van der Waals surface area contributed by atoms with E-state index in [4.69, 9.17) is 0 Å². The van der Waals surface area contributed by atoms with Crippen LogP contribution >= 0.6 is 0 Å². The highest BCUT2D eigenvalue weighted by Crippen LogP contribution is 2.09. The van der Waals surface area contributed by atoms with Gasteiger partial charge in [-0.2, -0.15) is 0 Å². The molecule has 0 bridgehead atoms. The summed E-state index contributed by atoms with van der Waals surface area (Å²) in [7, 11) is 0. The summed E-state index contributed by atoms with van der Waals surface area (Å²) in [6.07, 6.45) is 10.8. The molecule has 2 heterocycles. The summed E-state index contributed by atoms with van der Waals surface area (Å²) < 4.78 is 0. The number of Topliss-reactive ketones (excluding diaryl/α,β-unsaturated/α-hetero) is 1. The number of ketones is 1. The molecular weight excluding hydrogens is 248 g/mol. The topological polar surface area (TPSA) is 42.3 Å². The molecule has 1 aliphatic rings. The third-order valence-electron chi connectivity index (χ3n) is 2.86. The molecule has 2 rings (SSSR count). The van der Waals surface area contributed by atoms with Crippen molar-refractivity contribution in [2.75, 3.05) is 6.54 Å². The molecule has 0 amide bonds. The van der Waals surface area contributed by atoms with Gasteiger partial charge in [-0.25, -0.2) is 0 Å². The maximum atomic E-state index is 12.1. The second-order valence-corrected chi connectivity index (χ2v) is 4.63. The molecule has 100 valence electrons. The van der Waals surface area contributed by atoms with Crippen LogP contribution in [0.2, 0.25) is 0 Å². The predicted molar refractivity (Wildman–Crippen MR) is 81.0 cm³/mol. The van der Waals surface area contributed by atoms with E-state index in [1.54, 1.807) is 37.7 Å². The van der Waals surface area contributed by atoms with Crippen molar-refractivity contribution in [2.24, 2.45) is 4.99 Å². The third kappa shape index (κ3) is 3.74. The third-order valence-corrected chi connectivity index (χ3v) is 2.86. The minimum atomic E-state index is -0.0350. The summed E-state index contributed by atoms with van der Waals surface area (Å²) in [5.74, 6) is -0.0350. The van der Waals surface area contributed by atoms with Gasteiger partial charge in [0.15, 0.2) is 5.78 Å². The van der Waals surface area contributed by atoms with E-state index in [-0.39, 0.29) is 5.78 Å². The Morgan fingerprint density at radius 1 is 1.35 bits per heavy atom. The van der Waals surface area contributed by atoms with E-state index >= 15 is 0 Å². The lowest BCUT2D eigenvalue weighted by Gasteiger charge is -1.97. The average molecular weight is 264 g/mol. The summed E-state index contributed by atoms with van der Waals surface area (Å²) in [6, 6.07) is 3.41. The minimum Gasteiger partial charge on any atom is -0.289 e. The average Bonchev–Trinajstić information content (AvgIpc) is 2.69. The van der Waals surface area contributed by atoms with Crippen molar-refractivity contribution in [3.05, 3.63) is 70.8 Å². The van der Waals surface area contributed by atoms with E-state index in [9.17, 15) is 4.79 Å². The first-order valence-electron chi connectivity index (χ1n) is 6.42. The van der Waals surface area contributed by atoms with Gasteiger partial charge in [-0.15, -0.1) is 5.73 Å². The number of carbonyl (C=O) groups is 1. The number of hydrogen-bond acceptors (Lipinski definition) is 3. The lowest BCUT2D eigenvalue weighted by atomic mass is 10.1. The molecule has 0 unspecified atom stereocenters. The summed E-state index contributed by atoms with van der Waals surface area (Å²) in [5.41, 5.74) is 6.42. The van der Waals surface area contributed by atoms with Crippen molar-refractivity contribution in [3.63, 3.8) is 0 Å². The maximum Gasteiger partial charge on any atom is 0.196 e. The number of aromatic nitrogens is 1. The molecule has 1 aromatic heterocycles. The van der Waals surface area contributed by atoms with E-state index in [1.165, 1.54) is 5.57 Å². The Balaban J connectivity index is 2.24. The van der Waals surface area contributed by atoms with Gasteiger partial charge >= 0.3 is 0 Å². The number of aliphatic imine (C=N–C) groups is 1. The highest BCUT2D eigenvalue weighted by molar-refractivity contribution is 6.08. The second-order valence-electron chi connectivity index (χ2n) is 4.63. The molecule has 0 aromatic carbocycles. The summed E-state index contributed by atoms with van der Waals surface area (Å²) in [6.45, 7) is 4.51. The van der Waals surface area contributed by atoms with E-state index in [2.05, 4.69) is 15.7 Å². The first-order valence-corrected chi connectivity index (χ1v) is 6.42. The fraction of sp³-hybridized carbons (Fsp3) is 0.176. The first kappa shape index (κ1) is 13.9. The predicted octanol–water partition coefficient (Wildman–Crippen LogP) is 3.32. The maximum absolute atomic E-state index is 12.1. The summed E-state index contributed by atoms with van der Waals surface area (Å²) >= 11 is 0. The van der Waals surface area contributed by atoms with Crippen LogP contribution in [0.4, 0.5) is 0 Å². The van der Waals surface area contributed by atoms with E-state index in [0.29, 0.717) is 17.7 Å². The molecule has 3 nitrogen and oxygen atoms in total. The van der Waals surface area contributed by atoms with Crippen molar-refractivity contribution in [3.8, 4) is 0 Å². The van der Waals surface area contributed by atoms with Crippen molar-refractivity contribution in [1.29, 1.82) is 0 Å². The Morgan fingerprint density at radius 2 is 2.10 bits per heavy atom. The van der Waals surface area contributed by atoms with Gasteiger partial charge in [0.2, 0.25) is 0 Å². The van der Waals surface area contributed by atoms with Crippen LogP contribution in [0.25, 0.3) is 0 Å². The Hall–Kier alpha value is -2.51. The van der Waals surface area contributed by atoms with Crippen molar-refractivity contribution in [1.82, 2.24) is 4.98 Å². The van der Waals surface area contributed by atoms with Crippen LogP contribution in [0.15, 0.2) is 70.2 Å². The van der Waals surface area contributed by atoms with Crippen molar-refractivity contribution < 1.29 is 4.79 Å². The van der Waals surface area contributed by atoms with Crippen LogP contribution in [0, 0.1) is 0 Å². The Labute approximate surface area is 118 Å². The lowest BCUT2D eigenvalue weighted by molar-refractivity contribution is 0.103. The van der Waals surface area contributed by atoms with E-state index in [1.807, 2.05) is 25.2 Å². The van der Waals surface area contributed by atoms with Gasteiger partial charge in [0.25, 0.3) is 0 Å². The van der Waals surface area contributed by atoms with Crippen LogP contribution in [-0.2, 0) is 0 Å². The molecule has 0 fully saturated rings. The van der Waals surface area contributed by atoms with Crippen LogP contribution in [-0.4, -0.2) is 23.5 Å². The van der Waals surface area contributed by atoms with E-state index in [0.717, 1.165) is 5.57 Å². The number of nitrogens with zero attached hydrogens (tertiary/aromatic N) is 2. The van der Waals surface area contributed by atoms with Crippen molar-refractivity contribution in [2.45, 2.75) is 13.8 Å². The van der Waals surface area contributed by atoms with Crippen LogP contribution < -0.4 is 0 Å². The standard InChI is InChI=1S/C17H16N2O/c1-13-11-15(5-8-19-12-13)4-3-14(2)17(20)16-6-9-18-10-7-16/h4-11H,12H2,1-2H3. The molecule has 0 saturated heterocycles.